The van der Waals surface area contributed by atoms with E-state index < -0.39 is 0 Å². The summed E-state index contributed by atoms with van der Waals surface area (Å²) in [4.78, 5) is 3.80. The molecule has 0 radical (unpaired) electrons. The molecule has 92 valence electrons. The van der Waals surface area contributed by atoms with E-state index in [1.165, 1.54) is 17.2 Å². The first-order valence-corrected chi connectivity index (χ1v) is 7.95. The van der Waals surface area contributed by atoms with Crippen LogP contribution in [-0.4, -0.2) is 43.6 Å². The van der Waals surface area contributed by atoms with E-state index in [-0.39, 0.29) is 0 Å². The zero-order valence-electron chi connectivity index (χ0n) is 10.4. The Labute approximate surface area is 107 Å². The topological polar surface area (TPSA) is 15.3 Å². The molecule has 0 aliphatic carbocycles. The smallest absolute Gasteiger partial charge is 0.0386 e. The Kier molecular flexibility index (Phi) is 7.12. The second kappa shape index (κ2) is 8.12. The Morgan fingerprint density at radius 2 is 2.31 bits per heavy atom. The summed E-state index contributed by atoms with van der Waals surface area (Å²) in [5.41, 5.74) is 0. The lowest BCUT2D eigenvalue weighted by atomic mass is 10.3. The first-order valence-electron chi connectivity index (χ1n) is 5.68. The van der Waals surface area contributed by atoms with Crippen molar-refractivity contribution in [3.63, 3.8) is 0 Å². The predicted molar refractivity (Wildman–Crippen MR) is 76.6 cm³/mol. The largest absolute Gasteiger partial charge is 0.308 e. The van der Waals surface area contributed by atoms with Crippen LogP contribution in [0.4, 0.5) is 0 Å². The molecular formula is C12H22N2S2. The average molecular weight is 258 g/mol. The van der Waals surface area contributed by atoms with Crippen molar-refractivity contribution >= 4 is 23.1 Å². The fourth-order valence-electron chi connectivity index (χ4n) is 1.47. The number of rotatable bonds is 8. The highest BCUT2D eigenvalue weighted by Crippen LogP contribution is 2.17. The highest BCUT2D eigenvalue weighted by Gasteiger charge is 2.05. The maximum atomic E-state index is 3.55. The Morgan fingerprint density at radius 3 is 2.94 bits per heavy atom. The number of likely N-dealkylation sites (N-methyl/N-ethyl adjacent to an activating group) is 1. The Bertz CT molecular complexity index is 262. The minimum absolute atomic E-state index is 0.481. The van der Waals surface area contributed by atoms with Crippen LogP contribution < -0.4 is 5.32 Å². The fraction of sp³-hybridized carbons (Fsp3) is 0.667. The van der Waals surface area contributed by atoms with Crippen LogP contribution in [-0.2, 0) is 0 Å². The first kappa shape index (κ1) is 14.0. The van der Waals surface area contributed by atoms with Gasteiger partial charge in [0.15, 0.2) is 0 Å². The Balaban J connectivity index is 2.11. The van der Waals surface area contributed by atoms with Crippen molar-refractivity contribution in [2.24, 2.45) is 0 Å². The molecule has 1 rings (SSSR count). The van der Waals surface area contributed by atoms with Gasteiger partial charge >= 0.3 is 0 Å². The third kappa shape index (κ3) is 5.34. The molecule has 0 aliphatic rings. The van der Waals surface area contributed by atoms with Crippen molar-refractivity contribution in [3.05, 3.63) is 22.4 Å². The zero-order valence-corrected chi connectivity index (χ0v) is 12.0. The van der Waals surface area contributed by atoms with E-state index in [9.17, 15) is 0 Å². The Hall–Kier alpha value is -0.0300. The monoisotopic (exact) mass is 258 g/mol. The molecule has 0 amide bonds. The summed E-state index contributed by atoms with van der Waals surface area (Å²) in [5, 5.41) is 5.69. The minimum Gasteiger partial charge on any atom is -0.308 e. The second-order valence-electron chi connectivity index (χ2n) is 3.99. The second-order valence-corrected chi connectivity index (χ2v) is 5.95. The van der Waals surface area contributed by atoms with E-state index >= 15 is 0 Å². The lowest BCUT2D eigenvalue weighted by Gasteiger charge is -2.18. The van der Waals surface area contributed by atoms with Gasteiger partial charge in [0.25, 0.3) is 0 Å². The number of hydrogen-bond acceptors (Lipinski definition) is 4. The molecule has 0 spiro atoms. The van der Waals surface area contributed by atoms with Crippen molar-refractivity contribution < 1.29 is 0 Å². The van der Waals surface area contributed by atoms with Crippen molar-refractivity contribution in [1.29, 1.82) is 0 Å². The Morgan fingerprint density at radius 1 is 1.50 bits per heavy atom. The van der Waals surface area contributed by atoms with E-state index in [2.05, 4.69) is 48.0 Å². The molecular weight excluding hydrogens is 236 g/mol. The average Bonchev–Trinajstić information content (AvgIpc) is 2.79. The molecule has 0 aliphatic heterocycles. The number of thioether (sulfide) groups is 1. The molecule has 0 fully saturated rings. The third-order valence-electron chi connectivity index (χ3n) is 2.59. The van der Waals surface area contributed by atoms with Crippen LogP contribution in [0.25, 0.3) is 0 Å². The van der Waals surface area contributed by atoms with Crippen LogP contribution >= 0.6 is 23.1 Å². The number of nitrogens with zero attached hydrogens (tertiary/aromatic N) is 1. The third-order valence-corrected chi connectivity index (χ3v) is 4.24. The van der Waals surface area contributed by atoms with Gasteiger partial charge in [-0.25, -0.2) is 0 Å². The van der Waals surface area contributed by atoms with E-state index in [1.54, 1.807) is 0 Å². The normalized spacial score (nSPS) is 13.2. The summed E-state index contributed by atoms with van der Waals surface area (Å²) >= 11 is 3.73. The van der Waals surface area contributed by atoms with Crippen LogP contribution in [0.3, 0.4) is 0 Å². The quantitative estimate of drug-likeness (QED) is 0.772. The molecule has 16 heavy (non-hydrogen) atoms. The van der Waals surface area contributed by atoms with Gasteiger partial charge in [0.05, 0.1) is 0 Å². The lowest BCUT2D eigenvalue weighted by molar-refractivity contribution is 0.345. The van der Waals surface area contributed by atoms with E-state index in [0.29, 0.717) is 6.04 Å². The zero-order chi connectivity index (χ0) is 11.8. The van der Waals surface area contributed by atoms with Crippen LogP contribution in [0.5, 0.6) is 0 Å². The van der Waals surface area contributed by atoms with Gasteiger partial charge in [0, 0.05) is 36.3 Å². The molecule has 0 bridgehead atoms. The van der Waals surface area contributed by atoms with Gasteiger partial charge in [-0.15, -0.1) is 11.3 Å². The van der Waals surface area contributed by atoms with Gasteiger partial charge in [0.1, 0.15) is 0 Å². The number of nitrogens with one attached hydrogen (secondary N) is 1. The van der Waals surface area contributed by atoms with Crippen LogP contribution in [0.1, 0.15) is 17.8 Å². The number of hydrogen-bond donors (Lipinski definition) is 1. The van der Waals surface area contributed by atoms with Crippen LogP contribution in [0.2, 0.25) is 0 Å². The van der Waals surface area contributed by atoms with Crippen molar-refractivity contribution in [2.45, 2.75) is 13.0 Å². The van der Waals surface area contributed by atoms with Gasteiger partial charge in [-0.3, -0.25) is 0 Å². The summed E-state index contributed by atoms with van der Waals surface area (Å²) < 4.78 is 0. The molecule has 1 N–H and O–H groups in total. The molecule has 2 nitrogen and oxygen atoms in total. The van der Waals surface area contributed by atoms with E-state index in [4.69, 9.17) is 0 Å². The molecule has 1 aromatic heterocycles. The first-order chi connectivity index (χ1) is 7.74. The van der Waals surface area contributed by atoms with Gasteiger partial charge < -0.3 is 10.2 Å². The summed E-state index contributed by atoms with van der Waals surface area (Å²) in [6.07, 6.45) is 2.16. The van der Waals surface area contributed by atoms with Gasteiger partial charge in [-0.05, 0) is 31.7 Å². The van der Waals surface area contributed by atoms with Gasteiger partial charge in [-0.2, -0.15) is 11.8 Å². The minimum atomic E-state index is 0.481. The van der Waals surface area contributed by atoms with E-state index in [0.717, 1.165) is 13.1 Å². The molecule has 1 aromatic rings. The van der Waals surface area contributed by atoms with Gasteiger partial charge in [-0.1, -0.05) is 6.07 Å². The maximum absolute atomic E-state index is 3.55. The molecule has 0 saturated heterocycles. The highest BCUT2D eigenvalue weighted by atomic mass is 32.2. The van der Waals surface area contributed by atoms with Crippen molar-refractivity contribution in [3.8, 4) is 0 Å². The van der Waals surface area contributed by atoms with Crippen molar-refractivity contribution in [1.82, 2.24) is 10.2 Å². The standard InChI is InChI=1S/C12H22N2S2/c1-11(12-5-4-9-16-12)13-6-7-14(2)8-10-15-3/h4-5,9,11,13H,6-8,10H2,1-3H3. The lowest BCUT2D eigenvalue weighted by Crippen LogP contribution is -2.31. The maximum Gasteiger partial charge on any atom is 0.0386 e. The van der Waals surface area contributed by atoms with Crippen LogP contribution in [0.15, 0.2) is 17.5 Å². The van der Waals surface area contributed by atoms with Gasteiger partial charge in [0.2, 0.25) is 0 Å². The number of thiophene rings is 1. The molecule has 1 unspecified atom stereocenters. The van der Waals surface area contributed by atoms with Crippen molar-refractivity contribution in [2.75, 3.05) is 38.7 Å². The highest BCUT2D eigenvalue weighted by molar-refractivity contribution is 7.98. The summed E-state index contributed by atoms with van der Waals surface area (Å²) in [5.74, 6) is 1.22. The molecule has 0 aromatic carbocycles. The van der Waals surface area contributed by atoms with E-state index in [1.807, 2.05) is 23.1 Å². The molecule has 1 heterocycles. The predicted octanol–water partition coefficient (Wildman–Crippen LogP) is 2.69. The molecule has 0 saturated carbocycles. The summed E-state index contributed by atoms with van der Waals surface area (Å²) in [6, 6.07) is 4.79. The summed E-state index contributed by atoms with van der Waals surface area (Å²) in [7, 11) is 2.19. The molecule has 1 atom stereocenters. The SMILES string of the molecule is CSCCN(C)CCNC(C)c1cccs1. The van der Waals surface area contributed by atoms with Crippen LogP contribution in [0, 0.1) is 0 Å². The fourth-order valence-corrected chi connectivity index (χ4v) is 2.72. The summed E-state index contributed by atoms with van der Waals surface area (Å²) in [6.45, 7) is 5.59. The molecule has 4 heteroatoms.